The van der Waals surface area contributed by atoms with E-state index >= 15 is 0 Å². The third-order valence-electron chi connectivity index (χ3n) is 4.61. The minimum Gasteiger partial charge on any atom is -0.490 e. The molecule has 0 aliphatic carbocycles. The van der Waals surface area contributed by atoms with Crippen LogP contribution in [0.3, 0.4) is 0 Å². The summed E-state index contributed by atoms with van der Waals surface area (Å²) >= 11 is 1.43. The number of rotatable bonds is 8. The van der Waals surface area contributed by atoms with Gasteiger partial charge in [0.05, 0.1) is 12.2 Å². The third kappa shape index (κ3) is 4.43. The lowest BCUT2D eigenvalue weighted by Crippen LogP contribution is -2.33. The molecule has 0 saturated heterocycles. The van der Waals surface area contributed by atoms with E-state index < -0.39 is 11.8 Å². The average molecular weight is 433 g/mol. The van der Waals surface area contributed by atoms with Crippen LogP contribution in [-0.2, 0) is 16.6 Å². The number of carbonyl (C=O) groups excluding carboxylic acids is 2. The van der Waals surface area contributed by atoms with Crippen molar-refractivity contribution >= 4 is 29.4 Å². The van der Waals surface area contributed by atoms with Crippen LogP contribution in [-0.4, -0.2) is 40.3 Å². The molecule has 160 valence electrons. The van der Waals surface area contributed by atoms with Crippen LogP contribution >= 0.6 is 11.8 Å². The molecule has 9 nitrogen and oxygen atoms in total. The summed E-state index contributed by atoms with van der Waals surface area (Å²) in [6.45, 7) is 3.88. The molecular formula is C20H24N4O5S. The predicted molar refractivity (Wildman–Crippen MR) is 113 cm³/mol. The molecule has 0 saturated carbocycles. The summed E-state index contributed by atoms with van der Waals surface area (Å²) in [5, 5.41) is 3.36. The van der Waals surface area contributed by atoms with Crippen molar-refractivity contribution in [3.05, 3.63) is 39.7 Å². The Balaban J connectivity index is 2.08. The van der Waals surface area contributed by atoms with Crippen LogP contribution in [0.4, 0.5) is 5.82 Å². The smallest absolute Gasteiger partial charge is 0.279 e. The van der Waals surface area contributed by atoms with E-state index in [4.69, 9.17) is 15.2 Å². The molecule has 10 heteroatoms. The summed E-state index contributed by atoms with van der Waals surface area (Å²) in [6, 6.07) is 5.12. The average Bonchev–Trinajstić information content (AvgIpc) is 2.70. The Kier molecular flexibility index (Phi) is 6.66. The van der Waals surface area contributed by atoms with Gasteiger partial charge in [-0.3, -0.25) is 14.4 Å². The number of primary amides is 1. The standard InChI is InChI=1S/C20H24N4O5S/c1-4-28-14-8-11(6-7-13(14)29-10-15(21)25)12-9-16(26)22-18-17(12)19(27)23-20(24(18)3)30-5-2/h6-8,12H,4-5,9-10H2,1-3H3,(H2,21,25)(H,22,26)/t12-/m1/s1. The van der Waals surface area contributed by atoms with Gasteiger partial charge < -0.3 is 25.1 Å². The molecule has 1 aliphatic rings. The highest BCUT2D eigenvalue weighted by atomic mass is 32.2. The molecule has 0 spiro atoms. The van der Waals surface area contributed by atoms with E-state index in [2.05, 4.69) is 10.3 Å². The van der Waals surface area contributed by atoms with Gasteiger partial charge in [-0.1, -0.05) is 24.8 Å². The number of thioether (sulfide) groups is 1. The topological polar surface area (TPSA) is 126 Å². The van der Waals surface area contributed by atoms with E-state index in [0.717, 1.165) is 11.3 Å². The van der Waals surface area contributed by atoms with Gasteiger partial charge in [-0.25, -0.2) is 0 Å². The summed E-state index contributed by atoms with van der Waals surface area (Å²) in [5.74, 6) is 0.709. The van der Waals surface area contributed by atoms with Crippen molar-refractivity contribution in [2.24, 2.45) is 12.8 Å². The zero-order chi connectivity index (χ0) is 21.8. The molecule has 3 N–H and O–H groups in total. The number of hydrogen-bond acceptors (Lipinski definition) is 7. The first-order valence-electron chi connectivity index (χ1n) is 9.57. The second kappa shape index (κ2) is 9.21. The second-order valence-electron chi connectivity index (χ2n) is 6.65. The van der Waals surface area contributed by atoms with Gasteiger partial charge in [-0.05, 0) is 30.4 Å². The van der Waals surface area contributed by atoms with Crippen molar-refractivity contribution in [2.45, 2.75) is 31.3 Å². The molecule has 0 bridgehead atoms. The van der Waals surface area contributed by atoms with Crippen molar-refractivity contribution in [3.63, 3.8) is 0 Å². The van der Waals surface area contributed by atoms with E-state index in [1.165, 1.54) is 11.8 Å². The second-order valence-corrected chi connectivity index (χ2v) is 7.88. The van der Waals surface area contributed by atoms with Crippen LogP contribution in [0.2, 0.25) is 0 Å². The number of ether oxygens (including phenoxy) is 2. The Morgan fingerprint density at radius 2 is 2.07 bits per heavy atom. The molecule has 1 aromatic carbocycles. The van der Waals surface area contributed by atoms with Crippen molar-refractivity contribution in [2.75, 3.05) is 24.3 Å². The fraction of sp³-hybridized carbons (Fsp3) is 0.400. The van der Waals surface area contributed by atoms with Crippen LogP contribution in [0.25, 0.3) is 0 Å². The minimum absolute atomic E-state index is 0.108. The quantitative estimate of drug-likeness (QED) is 0.480. The van der Waals surface area contributed by atoms with E-state index in [0.29, 0.717) is 34.6 Å². The van der Waals surface area contributed by atoms with Crippen molar-refractivity contribution in [1.82, 2.24) is 9.55 Å². The molecule has 1 aromatic heterocycles. The first-order valence-corrected chi connectivity index (χ1v) is 10.6. The SMILES string of the molecule is CCOc1cc([C@H]2CC(=O)Nc3c2c(=O)nc(SCC)n3C)ccc1OCC(N)=O. The molecule has 2 amide bonds. The third-order valence-corrected chi connectivity index (χ3v) is 5.53. The fourth-order valence-corrected chi connectivity index (χ4v) is 4.05. The van der Waals surface area contributed by atoms with E-state index in [1.54, 1.807) is 29.8 Å². The summed E-state index contributed by atoms with van der Waals surface area (Å²) in [4.78, 5) is 40.5. The Bertz CT molecular complexity index is 1040. The molecule has 1 aliphatic heterocycles. The number of aromatic nitrogens is 2. The van der Waals surface area contributed by atoms with Gasteiger partial charge in [0.15, 0.2) is 23.3 Å². The summed E-state index contributed by atoms with van der Waals surface area (Å²) in [7, 11) is 1.78. The number of nitrogens with two attached hydrogens (primary N) is 1. The molecule has 0 radical (unpaired) electrons. The van der Waals surface area contributed by atoms with E-state index in [9.17, 15) is 14.4 Å². The molecule has 30 heavy (non-hydrogen) atoms. The van der Waals surface area contributed by atoms with Crippen molar-refractivity contribution in [1.29, 1.82) is 0 Å². The van der Waals surface area contributed by atoms with Gasteiger partial charge in [-0.15, -0.1) is 0 Å². The van der Waals surface area contributed by atoms with Crippen LogP contribution in [0.1, 0.15) is 37.3 Å². The monoisotopic (exact) mass is 432 g/mol. The number of benzene rings is 1. The lowest BCUT2D eigenvalue weighted by Gasteiger charge is -2.28. The molecule has 3 rings (SSSR count). The highest BCUT2D eigenvalue weighted by molar-refractivity contribution is 7.99. The minimum atomic E-state index is -0.602. The fourth-order valence-electron chi connectivity index (χ4n) is 3.36. The zero-order valence-corrected chi connectivity index (χ0v) is 17.9. The first kappa shape index (κ1) is 21.7. The number of nitrogens with one attached hydrogen (secondary N) is 1. The van der Waals surface area contributed by atoms with Gasteiger partial charge in [0.25, 0.3) is 11.5 Å². The Labute approximate surface area is 178 Å². The summed E-state index contributed by atoms with van der Waals surface area (Å²) < 4.78 is 12.8. The molecule has 0 fully saturated rings. The number of anilines is 1. The van der Waals surface area contributed by atoms with Gasteiger partial charge in [0.2, 0.25) is 5.91 Å². The molecule has 1 atom stereocenters. The number of nitrogens with zero attached hydrogens (tertiary/aromatic N) is 2. The highest BCUT2D eigenvalue weighted by Crippen LogP contribution is 2.39. The lowest BCUT2D eigenvalue weighted by atomic mass is 9.86. The first-order chi connectivity index (χ1) is 14.3. The van der Waals surface area contributed by atoms with Crippen molar-refractivity contribution < 1.29 is 19.1 Å². The van der Waals surface area contributed by atoms with Gasteiger partial charge in [-0.2, -0.15) is 4.98 Å². The molecule has 2 heterocycles. The Hall–Kier alpha value is -3.01. The normalized spacial score (nSPS) is 15.3. The number of amides is 2. The van der Waals surface area contributed by atoms with E-state index in [-0.39, 0.29) is 24.5 Å². The Morgan fingerprint density at radius 3 is 2.73 bits per heavy atom. The maximum atomic E-state index is 12.9. The molecular weight excluding hydrogens is 408 g/mol. The van der Waals surface area contributed by atoms with Crippen LogP contribution < -0.4 is 26.1 Å². The molecule has 0 unspecified atom stereocenters. The largest absolute Gasteiger partial charge is 0.490 e. The van der Waals surface area contributed by atoms with Gasteiger partial charge in [0.1, 0.15) is 5.82 Å². The lowest BCUT2D eigenvalue weighted by molar-refractivity contribution is -0.120. The van der Waals surface area contributed by atoms with Crippen LogP contribution in [0.15, 0.2) is 28.2 Å². The van der Waals surface area contributed by atoms with Crippen molar-refractivity contribution in [3.8, 4) is 11.5 Å². The maximum Gasteiger partial charge on any atom is 0.279 e. The highest BCUT2D eigenvalue weighted by Gasteiger charge is 2.32. The Morgan fingerprint density at radius 1 is 1.30 bits per heavy atom. The van der Waals surface area contributed by atoms with E-state index in [1.807, 2.05) is 13.8 Å². The molecule has 2 aromatic rings. The predicted octanol–water partition coefficient (Wildman–Crippen LogP) is 1.63. The summed E-state index contributed by atoms with van der Waals surface area (Å²) in [5.41, 5.74) is 5.94. The van der Waals surface area contributed by atoms with Crippen LogP contribution in [0.5, 0.6) is 11.5 Å². The maximum absolute atomic E-state index is 12.9. The zero-order valence-electron chi connectivity index (χ0n) is 17.1. The number of fused-ring (bicyclic) bond motifs is 1. The number of hydrogen-bond donors (Lipinski definition) is 2. The van der Waals surface area contributed by atoms with Crippen LogP contribution in [0, 0.1) is 0 Å². The number of carbonyl (C=O) groups is 2. The van der Waals surface area contributed by atoms with Gasteiger partial charge >= 0.3 is 0 Å². The van der Waals surface area contributed by atoms with Gasteiger partial charge in [0, 0.05) is 19.4 Å². The summed E-state index contributed by atoms with van der Waals surface area (Å²) in [6.07, 6.45) is 0.108.